The first-order chi connectivity index (χ1) is 9.98. The first-order valence-electron chi connectivity index (χ1n) is 7.84. The summed E-state index contributed by atoms with van der Waals surface area (Å²) in [6, 6.07) is 5.95. The molecule has 0 spiro atoms. The predicted octanol–water partition coefficient (Wildman–Crippen LogP) is 2.07. The van der Waals surface area contributed by atoms with E-state index in [9.17, 15) is 8.42 Å². The van der Waals surface area contributed by atoms with E-state index in [0.717, 1.165) is 44.9 Å². The molecule has 0 unspecified atom stereocenters. The van der Waals surface area contributed by atoms with Gasteiger partial charge in [0.2, 0.25) is 10.0 Å². The molecule has 1 aromatic carbocycles. The summed E-state index contributed by atoms with van der Waals surface area (Å²) in [5, 5.41) is 0. The molecule has 3 rings (SSSR count). The van der Waals surface area contributed by atoms with Crippen LogP contribution in [0.4, 0.5) is 0 Å². The van der Waals surface area contributed by atoms with Crippen molar-refractivity contribution in [1.82, 2.24) is 4.31 Å². The van der Waals surface area contributed by atoms with Crippen LogP contribution in [0.2, 0.25) is 0 Å². The van der Waals surface area contributed by atoms with Crippen molar-refractivity contribution in [2.75, 3.05) is 7.05 Å². The topological polar surface area (TPSA) is 63.4 Å². The molecule has 2 N–H and O–H groups in total. The molecule has 0 radical (unpaired) electrons. The van der Waals surface area contributed by atoms with E-state index in [4.69, 9.17) is 5.73 Å². The number of sulfonamides is 1. The van der Waals surface area contributed by atoms with E-state index in [2.05, 4.69) is 0 Å². The molecule has 5 heteroatoms. The van der Waals surface area contributed by atoms with Crippen LogP contribution in [0.1, 0.15) is 43.2 Å². The molecule has 4 nitrogen and oxygen atoms in total. The summed E-state index contributed by atoms with van der Waals surface area (Å²) in [6.45, 7) is 0. The van der Waals surface area contributed by atoms with Gasteiger partial charge in [0, 0.05) is 19.1 Å². The fourth-order valence-electron chi connectivity index (χ4n) is 3.54. The summed E-state index contributed by atoms with van der Waals surface area (Å²) in [5.41, 5.74) is 8.42. The second-order valence-electron chi connectivity index (χ2n) is 6.37. The lowest BCUT2D eigenvalue weighted by atomic mass is 9.92. The Balaban J connectivity index is 1.82. The van der Waals surface area contributed by atoms with Gasteiger partial charge in [0.1, 0.15) is 0 Å². The molecule has 1 fully saturated rings. The van der Waals surface area contributed by atoms with E-state index in [-0.39, 0.29) is 12.1 Å². The van der Waals surface area contributed by atoms with Crippen LogP contribution in [0.5, 0.6) is 0 Å². The number of fused-ring (bicyclic) bond motifs is 1. The lowest BCUT2D eigenvalue weighted by molar-refractivity contribution is 0.268. The van der Waals surface area contributed by atoms with Crippen molar-refractivity contribution in [3.05, 3.63) is 29.3 Å². The fraction of sp³-hybridized carbons (Fsp3) is 0.625. The van der Waals surface area contributed by atoms with Crippen molar-refractivity contribution in [2.24, 2.45) is 5.73 Å². The Labute approximate surface area is 127 Å². The Morgan fingerprint density at radius 3 is 2.48 bits per heavy atom. The van der Waals surface area contributed by atoms with E-state index in [1.54, 1.807) is 17.4 Å². The first-order valence-corrected chi connectivity index (χ1v) is 9.28. The third-order valence-electron chi connectivity index (χ3n) is 5.00. The highest BCUT2D eigenvalue weighted by molar-refractivity contribution is 7.89. The Morgan fingerprint density at radius 2 is 1.76 bits per heavy atom. The molecule has 2 aliphatic rings. The molecular formula is C16H24N2O2S. The summed E-state index contributed by atoms with van der Waals surface area (Å²) in [5.74, 6) is 0. The zero-order valence-electron chi connectivity index (χ0n) is 12.6. The van der Waals surface area contributed by atoms with E-state index in [1.807, 2.05) is 12.1 Å². The predicted molar refractivity (Wildman–Crippen MR) is 83.6 cm³/mol. The SMILES string of the molecule is CN(C1CCC(N)CC1)S(=O)(=O)c1ccc2c(c1)CCC2. The Hall–Kier alpha value is -0.910. The number of nitrogens with zero attached hydrogens (tertiary/aromatic N) is 1. The molecule has 0 aliphatic heterocycles. The van der Waals surface area contributed by atoms with Gasteiger partial charge in [-0.15, -0.1) is 0 Å². The van der Waals surface area contributed by atoms with Crippen molar-refractivity contribution in [1.29, 1.82) is 0 Å². The van der Waals surface area contributed by atoms with Gasteiger partial charge in [0.25, 0.3) is 0 Å². The standard InChI is InChI=1S/C16H24N2O2S/c1-18(15-8-6-14(17)7-9-15)21(19,20)16-10-5-12-3-2-4-13(12)11-16/h5,10-11,14-15H,2-4,6-9,17H2,1H3. The van der Waals surface area contributed by atoms with Gasteiger partial charge in [-0.2, -0.15) is 4.31 Å². The molecule has 21 heavy (non-hydrogen) atoms. The molecular weight excluding hydrogens is 284 g/mol. The van der Waals surface area contributed by atoms with Crippen molar-refractivity contribution >= 4 is 10.0 Å². The van der Waals surface area contributed by atoms with Crippen molar-refractivity contribution in [3.63, 3.8) is 0 Å². The van der Waals surface area contributed by atoms with Crippen molar-refractivity contribution in [3.8, 4) is 0 Å². The molecule has 0 heterocycles. The van der Waals surface area contributed by atoms with E-state index in [0.29, 0.717) is 4.90 Å². The third-order valence-corrected chi connectivity index (χ3v) is 6.91. The van der Waals surface area contributed by atoms with E-state index >= 15 is 0 Å². The summed E-state index contributed by atoms with van der Waals surface area (Å²) < 4.78 is 27.2. The number of nitrogens with two attached hydrogens (primary N) is 1. The summed E-state index contributed by atoms with van der Waals surface area (Å²) in [4.78, 5) is 0.445. The van der Waals surface area contributed by atoms with Crippen LogP contribution in [-0.2, 0) is 22.9 Å². The van der Waals surface area contributed by atoms with Crippen LogP contribution in [0.25, 0.3) is 0 Å². The van der Waals surface area contributed by atoms with Crippen LogP contribution in [0.15, 0.2) is 23.1 Å². The number of benzene rings is 1. The fourth-order valence-corrected chi connectivity index (χ4v) is 5.00. The quantitative estimate of drug-likeness (QED) is 0.929. The lowest BCUT2D eigenvalue weighted by Gasteiger charge is -2.32. The molecule has 116 valence electrons. The molecule has 0 amide bonds. The van der Waals surface area contributed by atoms with Crippen molar-refractivity contribution in [2.45, 2.75) is 61.9 Å². The van der Waals surface area contributed by atoms with Crippen LogP contribution in [0.3, 0.4) is 0 Å². The Kier molecular flexibility index (Phi) is 4.08. The summed E-state index contributed by atoms with van der Waals surface area (Å²) in [6.07, 6.45) is 6.76. The largest absolute Gasteiger partial charge is 0.328 e. The second kappa shape index (κ2) is 5.71. The van der Waals surface area contributed by atoms with Gasteiger partial charge in [-0.05, 0) is 68.2 Å². The lowest BCUT2D eigenvalue weighted by Crippen LogP contribution is -2.41. The number of rotatable bonds is 3. The molecule has 0 aromatic heterocycles. The summed E-state index contributed by atoms with van der Waals surface area (Å²) >= 11 is 0. The highest BCUT2D eigenvalue weighted by Gasteiger charge is 2.31. The molecule has 0 atom stereocenters. The van der Waals surface area contributed by atoms with Gasteiger partial charge in [0.15, 0.2) is 0 Å². The highest BCUT2D eigenvalue weighted by Crippen LogP contribution is 2.29. The number of hydrogen-bond acceptors (Lipinski definition) is 3. The average molecular weight is 308 g/mol. The molecule has 0 bridgehead atoms. The molecule has 0 saturated heterocycles. The molecule has 1 aromatic rings. The normalized spacial score (nSPS) is 26.0. The minimum Gasteiger partial charge on any atom is -0.328 e. The van der Waals surface area contributed by atoms with E-state index < -0.39 is 10.0 Å². The van der Waals surface area contributed by atoms with Crippen LogP contribution >= 0.6 is 0 Å². The number of aryl methyl sites for hydroxylation is 2. The van der Waals surface area contributed by atoms with Gasteiger partial charge < -0.3 is 5.73 Å². The maximum atomic E-state index is 12.8. The maximum absolute atomic E-state index is 12.8. The van der Waals surface area contributed by atoms with Gasteiger partial charge in [-0.3, -0.25) is 0 Å². The second-order valence-corrected chi connectivity index (χ2v) is 8.37. The van der Waals surface area contributed by atoms with Crippen LogP contribution in [-0.4, -0.2) is 31.9 Å². The van der Waals surface area contributed by atoms with E-state index in [1.165, 1.54) is 11.1 Å². The maximum Gasteiger partial charge on any atom is 0.243 e. The Bertz CT molecular complexity index is 619. The minimum absolute atomic E-state index is 0.0862. The van der Waals surface area contributed by atoms with Gasteiger partial charge in [-0.25, -0.2) is 8.42 Å². The smallest absolute Gasteiger partial charge is 0.243 e. The minimum atomic E-state index is -3.39. The van der Waals surface area contributed by atoms with Gasteiger partial charge >= 0.3 is 0 Å². The zero-order valence-corrected chi connectivity index (χ0v) is 13.4. The number of hydrogen-bond donors (Lipinski definition) is 1. The molecule has 2 aliphatic carbocycles. The average Bonchev–Trinajstić information content (AvgIpc) is 2.94. The Morgan fingerprint density at radius 1 is 1.10 bits per heavy atom. The zero-order chi connectivity index (χ0) is 15.0. The highest BCUT2D eigenvalue weighted by atomic mass is 32.2. The van der Waals surface area contributed by atoms with Crippen LogP contribution in [0, 0.1) is 0 Å². The van der Waals surface area contributed by atoms with Gasteiger partial charge in [0.05, 0.1) is 4.90 Å². The van der Waals surface area contributed by atoms with Crippen molar-refractivity contribution < 1.29 is 8.42 Å². The summed E-state index contributed by atoms with van der Waals surface area (Å²) in [7, 11) is -1.67. The monoisotopic (exact) mass is 308 g/mol. The first kappa shape index (κ1) is 15.0. The molecule has 1 saturated carbocycles. The van der Waals surface area contributed by atoms with Crippen LogP contribution < -0.4 is 5.73 Å². The van der Waals surface area contributed by atoms with Gasteiger partial charge in [-0.1, -0.05) is 6.07 Å². The third kappa shape index (κ3) is 2.87.